The van der Waals surface area contributed by atoms with E-state index < -0.39 is 0 Å². The van der Waals surface area contributed by atoms with Gasteiger partial charge in [0, 0.05) is 38.8 Å². The summed E-state index contributed by atoms with van der Waals surface area (Å²) in [6.45, 7) is 7.97. The van der Waals surface area contributed by atoms with Crippen LogP contribution in [0.1, 0.15) is 19.8 Å². The number of ether oxygens (including phenoxy) is 3. The number of aliphatic imine (C=N–C) groups is 1. The summed E-state index contributed by atoms with van der Waals surface area (Å²) in [6.07, 6.45) is 2.29. The van der Waals surface area contributed by atoms with Gasteiger partial charge in [-0.25, -0.2) is 0 Å². The van der Waals surface area contributed by atoms with Gasteiger partial charge >= 0.3 is 0 Å². The average molecular weight is 413 g/mol. The van der Waals surface area contributed by atoms with Crippen molar-refractivity contribution in [1.82, 2.24) is 10.6 Å². The van der Waals surface area contributed by atoms with Crippen LogP contribution in [0.3, 0.4) is 0 Å². The van der Waals surface area contributed by atoms with E-state index in [2.05, 4.69) is 22.5 Å². The second kappa shape index (κ2) is 9.81. The summed E-state index contributed by atoms with van der Waals surface area (Å²) in [6, 6.07) is 0. The fraction of sp³-hybridized carbons (Fsp3) is 0.929. The highest BCUT2D eigenvalue weighted by Crippen LogP contribution is 2.24. The normalized spacial score (nSPS) is 24.1. The Morgan fingerprint density at radius 1 is 1.33 bits per heavy atom. The molecule has 2 N–H and O–H groups in total. The maximum atomic E-state index is 5.72. The third kappa shape index (κ3) is 6.66. The van der Waals surface area contributed by atoms with E-state index in [1.807, 2.05) is 0 Å². The topological polar surface area (TPSA) is 64.1 Å². The van der Waals surface area contributed by atoms with Crippen molar-refractivity contribution in [3.8, 4) is 0 Å². The Labute approximate surface area is 144 Å². The zero-order valence-electron chi connectivity index (χ0n) is 13.0. The summed E-state index contributed by atoms with van der Waals surface area (Å²) >= 11 is 0. The SMILES string of the molecule is CN=C(NCCCOC1CCOC1)NCC1(C)COC1.I. The van der Waals surface area contributed by atoms with Crippen molar-refractivity contribution in [3.63, 3.8) is 0 Å². The van der Waals surface area contributed by atoms with Gasteiger partial charge < -0.3 is 24.8 Å². The van der Waals surface area contributed by atoms with Crippen molar-refractivity contribution in [2.24, 2.45) is 10.4 Å². The first-order chi connectivity index (χ1) is 9.72. The van der Waals surface area contributed by atoms with Gasteiger partial charge in [0.1, 0.15) is 0 Å². The van der Waals surface area contributed by atoms with E-state index in [1.54, 1.807) is 7.05 Å². The van der Waals surface area contributed by atoms with Gasteiger partial charge in [-0.15, -0.1) is 24.0 Å². The largest absolute Gasteiger partial charge is 0.380 e. The van der Waals surface area contributed by atoms with Crippen LogP contribution in [0, 0.1) is 5.41 Å². The lowest BCUT2D eigenvalue weighted by molar-refractivity contribution is -0.0971. The van der Waals surface area contributed by atoms with Crippen LogP contribution in [0.5, 0.6) is 0 Å². The lowest BCUT2D eigenvalue weighted by Crippen LogP contribution is -2.51. The highest BCUT2D eigenvalue weighted by atomic mass is 127. The maximum absolute atomic E-state index is 5.72. The van der Waals surface area contributed by atoms with Crippen molar-refractivity contribution < 1.29 is 14.2 Å². The van der Waals surface area contributed by atoms with E-state index in [0.717, 1.165) is 64.9 Å². The number of hydrogen-bond donors (Lipinski definition) is 2. The lowest BCUT2D eigenvalue weighted by Gasteiger charge is -2.38. The molecule has 7 heteroatoms. The molecular formula is C14H28IN3O3. The van der Waals surface area contributed by atoms with Crippen molar-refractivity contribution in [2.45, 2.75) is 25.9 Å². The Kier molecular flexibility index (Phi) is 8.84. The van der Waals surface area contributed by atoms with E-state index in [1.165, 1.54) is 0 Å². The number of hydrogen-bond acceptors (Lipinski definition) is 4. The van der Waals surface area contributed by atoms with Gasteiger partial charge in [0.25, 0.3) is 0 Å². The molecule has 2 aliphatic heterocycles. The predicted molar refractivity (Wildman–Crippen MR) is 93.5 cm³/mol. The number of nitrogens with one attached hydrogen (secondary N) is 2. The van der Waals surface area contributed by atoms with E-state index in [-0.39, 0.29) is 29.4 Å². The molecule has 2 saturated heterocycles. The maximum Gasteiger partial charge on any atom is 0.191 e. The van der Waals surface area contributed by atoms with E-state index >= 15 is 0 Å². The molecule has 2 rings (SSSR count). The Morgan fingerprint density at radius 2 is 2.14 bits per heavy atom. The second-order valence-corrected chi connectivity index (χ2v) is 5.87. The summed E-state index contributed by atoms with van der Waals surface area (Å²) in [4.78, 5) is 4.22. The minimum atomic E-state index is 0. The number of guanidine groups is 1. The molecule has 0 saturated carbocycles. The van der Waals surface area contributed by atoms with E-state index in [0.29, 0.717) is 6.10 Å². The first kappa shape index (κ1) is 18.9. The fourth-order valence-corrected chi connectivity index (χ4v) is 2.24. The van der Waals surface area contributed by atoms with Gasteiger partial charge in [-0.2, -0.15) is 0 Å². The molecule has 0 radical (unpaired) electrons. The molecule has 0 amide bonds. The summed E-state index contributed by atoms with van der Waals surface area (Å²) in [5.41, 5.74) is 0.253. The third-order valence-corrected chi connectivity index (χ3v) is 3.66. The van der Waals surface area contributed by atoms with Crippen LogP contribution in [0.2, 0.25) is 0 Å². The summed E-state index contributed by atoms with van der Waals surface area (Å²) in [7, 11) is 1.79. The Bertz CT molecular complexity index is 319. The standard InChI is InChI=1S/C14H27N3O3.HI/c1-14(10-19-11-14)9-17-13(15-2)16-5-3-6-20-12-4-7-18-8-12;/h12H,3-11H2,1-2H3,(H2,15,16,17);1H. The van der Waals surface area contributed by atoms with Crippen LogP contribution in [0.4, 0.5) is 0 Å². The van der Waals surface area contributed by atoms with Crippen LogP contribution in [0.25, 0.3) is 0 Å². The Balaban J connectivity index is 0.00000220. The minimum Gasteiger partial charge on any atom is -0.380 e. The molecule has 1 atom stereocenters. The molecule has 0 bridgehead atoms. The van der Waals surface area contributed by atoms with Gasteiger partial charge in [-0.3, -0.25) is 4.99 Å². The Hall–Kier alpha value is -0.120. The van der Waals surface area contributed by atoms with Gasteiger partial charge in [0.2, 0.25) is 0 Å². The van der Waals surface area contributed by atoms with Gasteiger partial charge in [-0.05, 0) is 12.8 Å². The predicted octanol–water partition coefficient (Wildman–Crippen LogP) is 1.00. The number of nitrogens with zero attached hydrogens (tertiary/aromatic N) is 1. The lowest BCUT2D eigenvalue weighted by atomic mass is 9.89. The minimum absolute atomic E-state index is 0. The van der Waals surface area contributed by atoms with Crippen molar-refractivity contribution in [2.75, 3.05) is 53.2 Å². The molecule has 0 spiro atoms. The first-order valence-corrected chi connectivity index (χ1v) is 7.43. The zero-order valence-corrected chi connectivity index (χ0v) is 15.4. The van der Waals surface area contributed by atoms with Crippen LogP contribution in [0.15, 0.2) is 4.99 Å². The van der Waals surface area contributed by atoms with Crippen LogP contribution in [-0.4, -0.2) is 65.2 Å². The smallest absolute Gasteiger partial charge is 0.191 e. The van der Waals surface area contributed by atoms with Crippen molar-refractivity contribution in [1.29, 1.82) is 0 Å². The molecule has 2 fully saturated rings. The van der Waals surface area contributed by atoms with Gasteiger partial charge in [0.15, 0.2) is 5.96 Å². The van der Waals surface area contributed by atoms with Gasteiger partial charge in [-0.1, -0.05) is 6.92 Å². The monoisotopic (exact) mass is 413 g/mol. The summed E-state index contributed by atoms with van der Waals surface area (Å²) in [5.74, 6) is 0.849. The molecule has 124 valence electrons. The van der Waals surface area contributed by atoms with Crippen LogP contribution in [-0.2, 0) is 14.2 Å². The van der Waals surface area contributed by atoms with Crippen molar-refractivity contribution >= 4 is 29.9 Å². The first-order valence-electron chi connectivity index (χ1n) is 7.43. The van der Waals surface area contributed by atoms with Crippen molar-refractivity contribution in [3.05, 3.63) is 0 Å². The molecule has 6 nitrogen and oxygen atoms in total. The highest BCUT2D eigenvalue weighted by Gasteiger charge is 2.33. The molecule has 0 aromatic heterocycles. The highest BCUT2D eigenvalue weighted by molar-refractivity contribution is 14.0. The Morgan fingerprint density at radius 3 is 2.71 bits per heavy atom. The average Bonchev–Trinajstić information content (AvgIpc) is 2.93. The second-order valence-electron chi connectivity index (χ2n) is 5.87. The molecule has 21 heavy (non-hydrogen) atoms. The molecule has 0 aromatic rings. The number of rotatable bonds is 7. The van der Waals surface area contributed by atoms with E-state index in [9.17, 15) is 0 Å². The van der Waals surface area contributed by atoms with Crippen LogP contribution >= 0.6 is 24.0 Å². The summed E-state index contributed by atoms with van der Waals surface area (Å²) < 4.78 is 16.2. The van der Waals surface area contributed by atoms with E-state index in [4.69, 9.17) is 14.2 Å². The van der Waals surface area contributed by atoms with Crippen LogP contribution < -0.4 is 10.6 Å². The molecule has 0 aromatic carbocycles. The summed E-state index contributed by atoms with van der Waals surface area (Å²) in [5, 5.41) is 6.64. The zero-order chi connectivity index (χ0) is 14.3. The van der Waals surface area contributed by atoms with Gasteiger partial charge in [0.05, 0.1) is 25.9 Å². The number of halogens is 1. The molecule has 2 heterocycles. The molecule has 0 aliphatic carbocycles. The molecule has 2 aliphatic rings. The fourth-order valence-electron chi connectivity index (χ4n) is 2.24. The third-order valence-electron chi connectivity index (χ3n) is 3.66. The quantitative estimate of drug-likeness (QED) is 0.282. The molecule has 1 unspecified atom stereocenters. The molecular weight excluding hydrogens is 385 g/mol.